The zero-order chi connectivity index (χ0) is 14.0. The Kier molecular flexibility index (Phi) is 3.75. The van der Waals surface area contributed by atoms with Crippen LogP contribution in [-0.2, 0) is 0 Å². The van der Waals surface area contributed by atoms with Crippen LogP contribution in [0.4, 0.5) is 0 Å². The lowest BCUT2D eigenvalue weighted by Gasteiger charge is -2.10. The summed E-state index contributed by atoms with van der Waals surface area (Å²) in [6, 6.07) is 4.90. The van der Waals surface area contributed by atoms with Gasteiger partial charge in [-0.25, -0.2) is 4.79 Å². The van der Waals surface area contributed by atoms with Gasteiger partial charge in [0.25, 0.3) is 0 Å². The summed E-state index contributed by atoms with van der Waals surface area (Å²) in [4.78, 5) is 10.9. The molecule has 0 unspecified atom stereocenters. The number of hydrogen-bond acceptors (Lipinski definition) is 4. The number of carboxylic acid groups (broad SMARTS) is 1. The fourth-order valence-electron chi connectivity index (χ4n) is 1.64. The Balaban J connectivity index is 2.56. The summed E-state index contributed by atoms with van der Waals surface area (Å²) in [7, 11) is 3.08. The lowest BCUT2D eigenvalue weighted by atomic mass is 10.1. The van der Waals surface area contributed by atoms with Crippen LogP contribution in [0.2, 0.25) is 0 Å². The molecule has 0 bridgehead atoms. The SMILES string of the molecule is COc1cc(Br)c(-c2cc(C(=O)O)[nH]n2)c(OC)c1. The van der Waals surface area contributed by atoms with Crippen LogP contribution in [0.5, 0.6) is 11.5 Å². The first-order valence-electron chi connectivity index (χ1n) is 5.27. The zero-order valence-electron chi connectivity index (χ0n) is 10.2. The molecule has 0 spiro atoms. The lowest BCUT2D eigenvalue weighted by Crippen LogP contribution is -1.95. The van der Waals surface area contributed by atoms with Crippen molar-refractivity contribution in [3.63, 3.8) is 0 Å². The highest BCUT2D eigenvalue weighted by Gasteiger charge is 2.17. The van der Waals surface area contributed by atoms with Crippen molar-refractivity contribution in [2.45, 2.75) is 0 Å². The van der Waals surface area contributed by atoms with E-state index in [1.54, 1.807) is 19.2 Å². The molecule has 0 fully saturated rings. The van der Waals surface area contributed by atoms with E-state index in [2.05, 4.69) is 26.1 Å². The Labute approximate surface area is 117 Å². The van der Waals surface area contributed by atoms with Gasteiger partial charge < -0.3 is 14.6 Å². The Bertz CT molecular complexity index is 624. The van der Waals surface area contributed by atoms with Gasteiger partial charge in [0.1, 0.15) is 17.2 Å². The predicted molar refractivity (Wildman–Crippen MR) is 71.8 cm³/mol. The van der Waals surface area contributed by atoms with Crippen molar-refractivity contribution in [1.29, 1.82) is 0 Å². The molecule has 2 N–H and O–H groups in total. The van der Waals surface area contributed by atoms with E-state index in [1.807, 2.05) is 0 Å². The fourth-order valence-corrected chi connectivity index (χ4v) is 2.27. The minimum Gasteiger partial charge on any atom is -0.497 e. The molecule has 2 rings (SSSR count). The minimum atomic E-state index is -1.07. The van der Waals surface area contributed by atoms with E-state index in [9.17, 15) is 4.79 Å². The van der Waals surface area contributed by atoms with Gasteiger partial charge in [0, 0.05) is 10.5 Å². The van der Waals surface area contributed by atoms with Gasteiger partial charge in [-0.1, -0.05) is 0 Å². The number of hydrogen-bond donors (Lipinski definition) is 2. The molecule has 0 aliphatic rings. The maximum Gasteiger partial charge on any atom is 0.353 e. The summed E-state index contributed by atoms with van der Waals surface area (Å²) in [5.74, 6) is 0.0958. The Morgan fingerprint density at radius 3 is 2.58 bits per heavy atom. The second-order valence-electron chi connectivity index (χ2n) is 3.66. The number of methoxy groups -OCH3 is 2. The zero-order valence-corrected chi connectivity index (χ0v) is 11.8. The lowest BCUT2D eigenvalue weighted by molar-refractivity contribution is 0.0690. The van der Waals surface area contributed by atoms with Crippen LogP contribution in [0.3, 0.4) is 0 Å². The number of aromatic amines is 1. The molecule has 2 aromatic rings. The summed E-state index contributed by atoms with van der Waals surface area (Å²) in [6.45, 7) is 0. The molecule has 7 heteroatoms. The van der Waals surface area contributed by atoms with E-state index in [1.165, 1.54) is 13.2 Å². The van der Waals surface area contributed by atoms with Gasteiger partial charge in [-0.2, -0.15) is 5.10 Å². The number of carboxylic acids is 1. The van der Waals surface area contributed by atoms with Crippen molar-refractivity contribution < 1.29 is 19.4 Å². The highest BCUT2D eigenvalue weighted by molar-refractivity contribution is 9.10. The number of carbonyl (C=O) groups is 1. The second kappa shape index (κ2) is 5.31. The fraction of sp³-hybridized carbons (Fsp3) is 0.167. The van der Waals surface area contributed by atoms with Crippen molar-refractivity contribution in [1.82, 2.24) is 10.2 Å². The summed E-state index contributed by atoms with van der Waals surface area (Å²) in [5.41, 5.74) is 1.15. The van der Waals surface area contributed by atoms with Crippen molar-refractivity contribution in [2.24, 2.45) is 0 Å². The monoisotopic (exact) mass is 326 g/mol. The molecule has 6 nitrogen and oxygen atoms in total. The molecule has 1 aromatic heterocycles. The number of nitrogens with zero attached hydrogens (tertiary/aromatic N) is 1. The smallest absolute Gasteiger partial charge is 0.353 e. The molecule has 0 aliphatic carbocycles. The third-order valence-electron chi connectivity index (χ3n) is 2.55. The van der Waals surface area contributed by atoms with E-state index in [-0.39, 0.29) is 5.69 Å². The van der Waals surface area contributed by atoms with Crippen LogP contribution in [-0.4, -0.2) is 35.5 Å². The first-order valence-corrected chi connectivity index (χ1v) is 6.06. The Morgan fingerprint density at radius 2 is 2.05 bits per heavy atom. The van der Waals surface area contributed by atoms with E-state index in [0.29, 0.717) is 27.2 Å². The molecule has 1 heterocycles. The van der Waals surface area contributed by atoms with Crippen molar-refractivity contribution in [3.8, 4) is 22.8 Å². The average molecular weight is 327 g/mol. The number of aromatic carboxylic acids is 1. The van der Waals surface area contributed by atoms with Crippen molar-refractivity contribution in [2.75, 3.05) is 14.2 Å². The molecule has 0 saturated carbocycles. The standard InChI is InChI=1S/C12H11BrN2O4/c1-18-6-3-7(13)11(10(4-6)19-2)8-5-9(12(16)17)15-14-8/h3-5H,1-2H3,(H,14,15)(H,16,17). The van der Waals surface area contributed by atoms with Crippen LogP contribution in [0.25, 0.3) is 11.3 Å². The van der Waals surface area contributed by atoms with Crippen molar-refractivity contribution >= 4 is 21.9 Å². The van der Waals surface area contributed by atoms with E-state index in [0.717, 1.165) is 0 Å². The molecular formula is C12H11BrN2O4. The van der Waals surface area contributed by atoms with Crippen LogP contribution < -0.4 is 9.47 Å². The predicted octanol–water partition coefficient (Wildman–Crippen LogP) is 2.55. The quantitative estimate of drug-likeness (QED) is 0.901. The molecule has 0 radical (unpaired) electrons. The van der Waals surface area contributed by atoms with Gasteiger partial charge in [0.2, 0.25) is 0 Å². The van der Waals surface area contributed by atoms with Crippen LogP contribution >= 0.6 is 15.9 Å². The first kappa shape index (κ1) is 13.4. The van der Waals surface area contributed by atoms with Gasteiger partial charge in [-0.15, -0.1) is 0 Å². The first-order chi connectivity index (χ1) is 9.06. The number of H-pyrrole nitrogens is 1. The van der Waals surface area contributed by atoms with Gasteiger partial charge in [-0.3, -0.25) is 5.10 Å². The van der Waals surface area contributed by atoms with Crippen LogP contribution in [0.15, 0.2) is 22.7 Å². The topological polar surface area (TPSA) is 84.4 Å². The van der Waals surface area contributed by atoms with E-state index < -0.39 is 5.97 Å². The highest BCUT2D eigenvalue weighted by atomic mass is 79.9. The number of aromatic nitrogens is 2. The Hall–Kier alpha value is -2.02. The summed E-state index contributed by atoms with van der Waals surface area (Å²) in [5, 5.41) is 15.3. The minimum absolute atomic E-state index is 0.0137. The van der Waals surface area contributed by atoms with Gasteiger partial charge in [0.15, 0.2) is 0 Å². The molecule has 0 saturated heterocycles. The van der Waals surface area contributed by atoms with Gasteiger partial charge >= 0.3 is 5.97 Å². The molecule has 19 heavy (non-hydrogen) atoms. The number of rotatable bonds is 4. The third-order valence-corrected chi connectivity index (χ3v) is 3.17. The van der Waals surface area contributed by atoms with Gasteiger partial charge in [-0.05, 0) is 28.1 Å². The van der Waals surface area contributed by atoms with Crippen LogP contribution in [0, 0.1) is 0 Å². The molecule has 0 aliphatic heterocycles. The number of ether oxygens (including phenoxy) is 2. The third kappa shape index (κ3) is 2.55. The molecule has 100 valence electrons. The highest BCUT2D eigenvalue weighted by Crippen LogP contribution is 2.39. The van der Waals surface area contributed by atoms with E-state index >= 15 is 0 Å². The summed E-state index contributed by atoms with van der Waals surface area (Å²) >= 11 is 3.40. The second-order valence-corrected chi connectivity index (χ2v) is 4.51. The van der Waals surface area contributed by atoms with Crippen LogP contribution in [0.1, 0.15) is 10.5 Å². The number of nitrogens with one attached hydrogen (secondary N) is 1. The molecule has 0 amide bonds. The van der Waals surface area contributed by atoms with E-state index in [4.69, 9.17) is 14.6 Å². The van der Waals surface area contributed by atoms with Gasteiger partial charge in [0.05, 0.1) is 25.5 Å². The largest absolute Gasteiger partial charge is 0.497 e. The molecule has 0 atom stereocenters. The molecule has 1 aromatic carbocycles. The van der Waals surface area contributed by atoms with Crippen molar-refractivity contribution in [3.05, 3.63) is 28.4 Å². The summed E-state index contributed by atoms with van der Waals surface area (Å²) in [6.07, 6.45) is 0. The number of halogens is 1. The normalized spacial score (nSPS) is 10.3. The number of benzene rings is 1. The maximum atomic E-state index is 10.9. The summed E-state index contributed by atoms with van der Waals surface area (Å²) < 4.78 is 11.1. The Morgan fingerprint density at radius 1 is 1.32 bits per heavy atom. The maximum absolute atomic E-state index is 10.9. The molecular weight excluding hydrogens is 316 g/mol. The average Bonchev–Trinajstić information content (AvgIpc) is 2.86.